The molecule has 1 aliphatic heterocycles. The van der Waals surface area contributed by atoms with Gasteiger partial charge in [-0.25, -0.2) is 9.97 Å². The Morgan fingerprint density at radius 3 is 3.12 bits per heavy atom. The number of anilines is 2. The van der Waals surface area contributed by atoms with Crippen LogP contribution >= 0.6 is 11.6 Å². The van der Waals surface area contributed by atoms with E-state index in [2.05, 4.69) is 27.2 Å². The van der Waals surface area contributed by atoms with Gasteiger partial charge in [0.1, 0.15) is 17.2 Å². The van der Waals surface area contributed by atoms with Crippen molar-refractivity contribution in [2.24, 2.45) is 0 Å². The van der Waals surface area contributed by atoms with Crippen LogP contribution in [0.3, 0.4) is 0 Å². The minimum absolute atomic E-state index is 0.318. The maximum Gasteiger partial charge on any atom is 0.150 e. The standard InChI is InChI=1S/C10H16ClN5/c1-16-4-2-3-7(16)5-13-10-8(11)9(12)14-6-15-10/h6-7H,2-5H2,1H3,(H3,12,13,14,15). The molecule has 1 aromatic rings. The monoisotopic (exact) mass is 241 g/mol. The number of likely N-dealkylation sites (tertiary alicyclic amines) is 1. The summed E-state index contributed by atoms with van der Waals surface area (Å²) in [5, 5.41) is 3.63. The molecule has 1 fully saturated rings. The van der Waals surface area contributed by atoms with E-state index >= 15 is 0 Å². The molecular weight excluding hydrogens is 226 g/mol. The van der Waals surface area contributed by atoms with Gasteiger partial charge in [0.15, 0.2) is 5.82 Å². The maximum absolute atomic E-state index is 5.99. The second-order valence-corrected chi connectivity index (χ2v) is 4.46. The number of rotatable bonds is 3. The first-order chi connectivity index (χ1) is 7.68. The second-order valence-electron chi connectivity index (χ2n) is 4.08. The first-order valence-electron chi connectivity index (χ1n) is 5.38. The largest absolute Gasteiger partial charge is 0.382 e. The zero-order valence-electron chi connectivity index (χ0n) is 9.28. The highest BCUT2D eigenvalue weighted by molar-refractivity contribution is 6.35. The summed E-state index contributed by atoms with van der Waals surface area (Å²) in [6.07, 6.45) is 3.88. The van der Waals surface area contributed by atoms with Crippen LogP contribution in [0.25, 0.3) is 0 Å². The fraction of sp³-hybridized carbons (Fsp3) is 0.600. The molecule has 0 radical (unpaired) electrons. The quantitative estimate of drug-likeness (QED) is 0.833. The molecule has 5 nitrogen and oxygen atoms in total. The topological polar surface area (TPSA) is 67.1 Å². The molecule has 16 heavy (non-hydrogen) atoms. The van der Waals surface area contributed by atoms with Crippen LogP contribution in [0.1, 0.15) is 12.8 Å². The molecule has 6 heteroatoms. The minimum atomic E-state index is 0.318. The van der Waals surface area contributed by atoms with Crippen molar-refractivity contribution in [3.05, 3.63) is 11.3 Å². The lowest BCUT2D eigenvalue weighted by atomic mass is 10.2. The van der Waals surface area contributed by atoms with Crippen molar-refractivity contribution in [2.45, 2.75) is 18.9 Å². The van der Waals surface area contributed by atoms with Gasteiger partial charge in [0.2, 0.25) is 0 Å². The van der Waals surface area contributed by atoms with Gasteiger partial charge >= 0.3 is 0 Å². The SMILES string of the molecule is CN1CCCC1CNc1ncnc(N)c1Cl. The summed E-state index contributed by atoms with van der Waals surface area (Å²) in [5.74, 6) is 0.938. The molecule has 3 N–H and O–H groups in total. The van der Waals surface area contributed by atoms with E-state index in [1.165, 1.54) is 19.2 Å². The Morgan fingerprint density at radius 1 is 1.62 bits per heavy atom. The van der Waals surface area contributed by atoms with E-state index in [0.29, 0.717) is 22.7 Å². The van der Waals surface area contributed by atoms with Crippen LogP contribution in [0.5, 0.6) is 0 Å². The number of nitrogens with one attached hydrogen (secondary N) is 1. The summed E-state index contributed by atoms with van der Waals surface area (Å²) in [6, 6.07) is 0.548. The van der Waals surface area contributed by atoms with E-state index in [-0.39, 0.29) is 0 Å². The highest BCUT2D eigenvalue weighted by atomic mass is 35.5. The molecule has 0 spiro atoms. The summed E-state index contributed by atoms with van der Waals surface area (Å²) in [4.78, 5) is 10.2. The summed E-state index contributed by atoms with van der Waals surface area (Å²) in [7, 11) is 2.13. The predicted molar refractivity (Wildman–Crippen MR) is 65.6 cm³/mol. The minimum Gasteiger partial charge on any atom is -0.382 e. The van der Waals surface area contributed by atoms with Crippen LogP contribution in [0.4, 0.5) is 11.6 Å². The van der Waals surface area contributed by atoms with Crippen molar-refractivity contribution in [2.75, 3.05) is 31.2 Å². The Hall–Kier alpha value is -1.07. The Labute approximate surface area is 100 Å². The number of nitrogen functional groups attached to an aromatic ring is 1. The molecular formula is C10H16ClN5. The highest BCUT2D eigenvalue weighted by Crippen LogP contribution is 2.24. The van der Waals surface area contributed by atoms with Gasteiger partial charge in [-0.3, -0.25) is 0 Å². The van der Waals surface area contributed by atoms with E-state index in [1.54, 1.807) is 0 Å². The number of hydrogen-bond donors (Lipinski definition) is 2. The number of nitrogens with two attached hydrogens (primary N) is 1. The average molecular weight is 242 g/mol. The van der Waals surface area contributed by atoms with Gasteiger partial charge in [0.25, 0.3) is 0 Å². The first kappa shape index (κ1) is 11.4. The zero-order valence-corrected chi connectivity index (χ0v) is 10.0. The molecule has 0 aliphatic carbocycles. The first-order valence-corrected chi connectivity index (χ1v) is 5.76. The summed E-state index contributed by atoms with van der Waals surface area (Å²) < 4.78 is 0. The van der Waals surface area contributed by atoms with E-state index in [1.807, 2.05) is 0 Å². The number of halogens is 1. The van der Waals surface area contributed by atoms with Gasteiger partial charge in [-0.15, -0.1) is 0 Å². The van der Waals surface area contributed by atoms with Gasteiger partial charge < -0.3 is 16.0 Å². The van der Waals surface area contributed by atoms with Crippen molar-refractivity contribution >= 4 is 23.2 Å². The fourth-order valence-electron chi connectivity index (χ4n) is 1.96. The lowest BCUT2D eigenvalue weighted by Crippen LogP contribution is -2.31. The fourth-order valence-corrected chi connectivity index (χ4v) is 2.12. The molecule has 0 saturated carbocycles. The Kier molecular flexibility index (Phi) is 3.46. The molecule has 1 unspecified atom stereocenters. The van der Waals surface area contributed by atoms with Crippen LogP contribution in [0.15, 0.2) is 6.33 Å². The molecule has 1 aliphatic rings. The summed E-state index contributed by atoms with van der Waals surface area (Å²) in [5.41, 5.74) is 5.60. The Bertz CT molecular complexity index is 370. The molecule has 2 rings (SSSR count). The smallest absolute Gasteiger partial charge is 0.150 e. The van der Waals surface area contributed by atoms with Crippen molar-refractivity contribution in [1.29, 1.82) is 0 Å². The molecule has 0 aromatic carbocycles. The van der Waals surface area contributed by atoms with E-state index in [4.69, 9.17) is 17.3 Å². The van der Waals surface area contributed by atoms with E-state index in [9.17, 15) is 0 Å². The molecule has 1 saturated heterocycles. The van der Waals surface area contributed by atoms with Crippen LogP contribution in [-0.2, 0) is 0 Å². The third kappa shape index (κ3) is 2.36. The van der Waals surface area contributed by atoms with Crippen LogP contribution in [-0.4, -0.2) is 41.0 Å². The van der Waals surface area contributed by atoms with Crippen molar-refractivity contribution < 1.29 is 0 Å². The van der Waals surface area contributed by atoms with Crippen molar-refractivity contribution in [1.82, 2.24) is 14.9 Å². The van der Waals surface area contributed by atoms with Gasteiger partial charge in [0, 0.05) is 12.6 Å². The third-order valence-corrected chi connectivity index (χ3v) is 3.37. The summed E-state index contributed by atoms with van der Waals surface area (Å²) in [6.45, 7) is 2.00. The lowest BCUT2D eigenvalue weighted by molar-refractivity contribution is 0.322. The molecule has 88 valence electrons. The number of likely N-dealkylation sites (N-methyl/N-ethyl adjacent to an activating group) is 1. The lowest BCUT2D eigenvalue weighted by Gasteiger charge is -2.20. The maximum atomic E-state index is 5.99. The Balaban J connectivity index is 1.96. The Morgan fingerprint density at radius 2 is 2.44 bits per heavy atom. The van der Waals surface area contributed by atoms with E-state index < -0.39 is 0 Å². The van der Waals surface area contributed by atoms with Gasteiger partial charge in [-0.05, 0) is 26.4 Å². The second kappa shape index (κ2) is 4.84. The molecule has 2 heterocycles. The van der Waals surface area contributed by atoms with Crippen molar-refractivity contribution in [3.8, 4) is 0 Å². The number of aromatic nitrogens is 2. The van der Waals surface area contributed by atoms with Crippen LogP contribution in [0.2, 0.25) is 5.02 Å². The van der Waals surface area contributed by atoms with E-state index in [0.717, 1.165) is 13.1 Å². The highest BCUT2D eigenvalue weighted by Gasteiger charge is 2.20. The van der Waals surface area contributed by atoms with Crippen LogP contribution < -0.4 is 11.1 Å². The average Bonchev–Trinajstić information content (AvgIpc) is 2.67. The third-order valence-electron chi connectivity index (χ3n) is 2.99. The molecule has 1 aromatic heterocycles. The molecule has 0 amide bonds. The normalized spacial score (nSPS) is 21.2. The van der Waals surface area contributed by atoms with Gasteiger partial charge in [-0.2, -0.15) is 0 Å². The number of hydrogen-bond acceptors (Lipinski definition) is 5. The van der Waals surface area contributed by atoms with Crippen LogP contribution in [0, 0.1) is 0 Å². The molecule has 1 atom stereocenters. The van der Waals surface area contributed by atoms with Gasteiger partial charge in [-0.1, -0.05) is 11.6 Å². The molecule has 0 bridgehead atoms. The van der Waals surface area contributed by atoms with Gasteiger partial charge in [0.05, 0.1) is 0 Å². The summed E-state index contributed by atoms with van der Waals surface area (Å²) >= 11 is 5.99. The predicted octanol–water partition coefficient (Wildman–Crippen LogP) is 1.22. The zero-order chi connectivity index (χ0) is 11.5. The van der Waals surface area contributed by atoms with Crippen molar-refractivity contribution in [3.63, 3.8) is 0 Å². The number of nitrogens with zero attached hydrogens (tertiary/aromatic N) is 3.